The third-order valence-corrected chi connectivity index (χ3v) is 8.20. The summed E-state index contributed by atoms with van der Waals surface area (Å²) < 4.78 is 5.44. The molecule has 1 aromatic heterocycles. The Morgan fingerprint density at radius 2 is 1.84 bits per heavy atom. The van der Waals surface area contributed by atoms with Gasteiger partial charge in [0.1, 0.15) is 17.1 Å². The second kappa shape index (κ2) is 11.8. The molecule has 0 radical (unpaired) electrons. The topological polar surface area (TPSA) is 132 Å². The molecular weight excluding hydrogens is 548 g/mol. The van der Waals surface area contributed by atoms with Crippen molar-refractivity contribution in [2.75, 3.05) is 56.2 Å². The number of aryl methyl sites for hydroxylation is 1. The molecule has 0 aliphatic carbocycles. The van der Waals surface area contributed by atoms with Crippen LogP contribution in [0.15, 0.2) is 41.6 Å². The van der Waals surface area contributed by atoms with E-state index in [1.165, 1.54) is 4.90 Å². The number of ether oxygens (including phenoxy) is 1. The first-order valence-corrected chi connectivity index (χ1v) is 14.8. The maximum atomic E-state index is 13.7. The molecule has 12 heteroatoms. The van der Waals surface area contributed by atoms with E-state index >= 15 is 0 Å². The van der Waals surface area contributed by atoms with Crippen LogP contribution in [0.1, 0.15) is 40.2 Å². The first-order valence-electron chi connectivity index (χ1n) is 14.8. The van der Waals surface area contributed by atoms with E-state index in [1.54, 1.807) is 18.9 Å². The van der Waals surface area contributed by atoms with Gasteiger partial charge in [-0.25, -0.2) is 9.78 Å². The first-order chi connectivity index (χ1) is 20.3. The third kappa shape index (κ3) is 6.43. The smallest absolute Gasteiger partial charge is 0.319 e. The Balaban J connectivity index is 1.31. The number of aromatic nitrogens is 1. The Labute approximate surface area is 252 Å². The molecule has 2 fully saturated rings. The van der Waals surface area contributed by atoms with Gasteiger partial charge in [0.15, 0.2) is 0 Å². The van der Waals surface area contributed by atoms with Crippen molar-refractivity contribution in [3.8, 4) is 11.1 Å². The summed E-state index contributed by atoms with van der Waals surface area (Å²) in [4.78, 5) is 48.0. The zero-order chi connectivity index (χ0) is 30.9. The van der Waals surface area contributed by atoms with Crippen molar-refractivity contribution < 1.29 is 19.1 Å². The maximum absolute atomic E-state index is 13.7. The van der Waals surface area contributed by atoms with Crippen molar-refractivity contribution in [2.45, 2.75) is 58.7 Å². The maximum Gasteiger partial charge on any atom is 0.319 e. The SMILES string of the molecule is Cc1ccc(NC(=O)NC2CN(C(C)(C)C)N=C2C(=O)N2CCNC(=O)C2(C)C)cc1-c1ccc(N2CCOCC2)nc1. The predicted octanol–water partition coefficient (Wildman–Crippen LogP) is 2.59. The van der Waals surface area contributed by atoms with Gasteiger partial charge in [0.2, 0.25) is 5.91 Å². The van der Waals surface area contributed by atoms with Gasteiger partial charge in [0.25, 0.3) is 5.91 Å². The standard InChI is InChI=1S/C31H42N8O4/c1-20-7-9-22(17-23(20)21-8-10-25(33-18-21)37-13-15-43-16-14-37)34-29(42)35-24-19-39(30(2,3)4)36-26(24)27(40)38-12-11-32-28(41)31(38,5)6/h7-10,17-18,24H,11-16,19H2,1-6H3,(H,32,41)(H2,34,35,42). The molecule has 0 saturated carbocycles. The molecule has 0 spiro atoms. The van der Waals surface area contributed by atoms with Gasteiger partial charge in [-0.05, 0) is 76.9 Å². The van der Waals surface area contributed by atoms with Gasteiger partial charge < -0.3 is 30.5 Å². The first kappa shape index (κ1) is 30.3. The zero-order valence-electron chi connectivity index (χ0n) is 25.9. The second-order valence-electron chi connectivity index (χ2n) is 12.7. The normalized spacial score (nSPS) is 20.4. The molecule has 1 unspecified atom stereocenters. The monoisotopic (exact) mass is 590 g/mol. The number of hydrazone groups is 1. The molecule has 4 amide bonds. The van der Waals surface area contributed by atoms with E-state index in [-0.39, 0.29) is 23.1 Å². The molecule has 5 rings (SSSR count). The van der Waals surface area contributed by atoms with E-state index in [4.69, 9.17) is 4.74 Å². The predicted molar refractivity (Wildman–Crippen MR) is 166 cm³/mol. The highest BCUT2D eigenvalue weighted by molar-refractivity contribution is 6.42. The quantitative estimate of drug-likeness (QED) is 0.488. The van der Waals surface area contributed by atoms with Gasteiger partial charge >= 0.3 is 6.03 Å². The van der Waals surface area contributed by atoms with Gasteiger partial charge in [-0.3, -0.25) is 14.6 Å². The lowest BCUT2D eigenvalue weighted by molar-refractivity contribution is -0.145. The number of hydrogen-bond acceptors (Lipinski definition) is 8. The molecule has 1 atom stereocenters. The van der Waals surface area contributed by atoms with E-state index in [2.05, 4.69) is 30.9 Å². The molecule has 43 heavy (non-hydrogen) atoms. The number of benzene rings is 1. The van der Waals surface area contributed by atoms with Crippen LogP contribution < -0.4 is 20.9 Å². The molecule has 2 aromatic rings. The fraction of sp³-hybridized carbons (Fsp3) is 0.516. The largest absolute Gasteiger partial charge is 0.378 e. The lowest BCUT2D eigenvalue weighted by Crippen LogP contribution is -2.65. The summed E-state index contributed by atoms with van der Waals surface area (Å²) in [5.41, 5.74) is 2.38. The number of urea groups is 1. The zero-order valence-corrected chi connectivity index (χ0v) is 25.9. The van der Waals surface area contributed by atoms with Gasteiger partial charge in [0.05, 0.1) is 25.8 Å². The molecule has 3 aliphatic heterocycles. The third-order valence-electron chi connectivity index (χ3n) is 8.20. The lowest BCUT2D eigenvalue weighted by Gasteiger charge is -2.41. The van der Waals surface area contributed by atoms with E-state index < -0.39 is 17.6 Å². The molecular formula is C31H42N8O4. The summed E-state index contributed by atoms with van der Waals surface area (Å²) in [6.45, 7) is 15.5. The molecule has 2 saturated heterocycles. The number of piperazine rings is 1. The summed E-state index contributed by atoms with van der Waals surface area (Å²) in [6.07, 6.45) is 1.85. The number of amides is 4. The fourth-order valence-corrected chi connectivity index (χ4v) is 5.48. The number of rotatable bonds is 5. The summed E-state index contributed by atoms with van der Waals surface area (Å²) in [5.74, 6) is 0.337. The average Bonchev–Trinajstić information content (AvgIpc) is 3.40. The summed E-state index contributed by atoms with van der Waals surface area (Å²) in [7, 11) is 0. The highest BCUT2D eigenvalue weighted by atomic mass is 16.5. The van der Waals surface area contributed by atoms with Gasteiger partial charge in [-0.1, -0.05) is 6.07 Å². The van der Waals surface area contributed by atoms with Crippen LogP contribution in [0.4, 0.5) is 16.3 Å². The van der Waals surface area contributed by atoms with Gasteiger partial charge in [0, 0.05) is 49.2 Å². The van der Waals surface area contributed by atoms with E-state index in [0.29, 0.717) is 38.5 Å². The van der Waals surface area contributed by atoms with Crippen LogP contribution in [0, 0.1) is 6.92 Å². The Morgan fingerprint density at radius 3 is 2.51 bits per heavy atom. The lowest BCUT2D eigenvalue weighted by atomic mass is 9.97. The Kier molecular flexibility index (Phi) is 8.33. The van der Waals surface area contributed by atoms with Crippen LogP contribution in [0.2, 0.25) is 0 Å². The number of nitrogens with one attached hydrogen (secondary N) is 3. The molecule has 3 aliphatic rings. The minimum atomic E-state index is -1.03. The molecule has 230 valence electrons. The van der Waals surface area contributed by atoms with E-state index in [9.17, 15) is 14.4 Å². The number of nitrogens with zero attached hydrogens (tertiary/aromatic N) is 5. The van der Waals surface area contributed by atoms with Crippen molar-refractivity contribution in [1.82, 2.24) is 25.5 Å². The van der Waals surface area contributed by atoms with Crippen LogP contribution in [0.25, 0.3) is 11.1 Å². The Bertz CT molecular complexity index is 1410. The van der Waals surface area contributed by atoms with Crippen LogP contribution >= 0.6 is 0 Å². The summed E-state index contributed by atoms with van der Waals surface area (Å²) in [6, 6.07) is 8.67. The number of morpholine rings is 1. The van der Waals surface area contributed by atoms with Gasteiger partial charge in [-0.2, -0.15) is 5.10 Å². The minimum absolute atomic E-state index is 0.212. The molecule has 3 N–H and O–H groups in total. The molecule has 4 heterocycles. The van der Waals surface area contributed by atoms with Crippen molar-refractivity contribution in [3.63, 3.8) is 0 Å². The summed E-state index contributed by atoms with van der Waals surface area (Å²) >= 11 is 0. The van der Waals surface area contributed by atoms with Crippen molar-refractivity contribution in [1.29, 1.82) is 0 Å². The number of hydrogen-bond donors (Lipinski definition) is 3. The van der Waals surface area contributed by atoms with Crippen LogP contribution in [-0.2, 0) is 14.3 Å². The average molecular weight is 591 g/mol. The van der Waals surface area contributed by atoms with Crippen molar-refractivity contribution in [3.05, 3.63) is 42.1 Å². The Morgan fingerprint density at radius 1 is 1.09 bits per heavy atom. The van der Waals surface area contributed by atoms with E-state index in [0.717, 1.165) is 35.6 Å². The molecule has 1 aromatic carbocycles. The van der Waals surface area contributed by atoms with Gasteiger partial charge in [-0.15, -0.1) is 0 Å². The second-order valence-corrected chi connectivity index (χ2v) is 12.7. The number of carbonyl (C=O) groups is 3. The van der Waals surface area contributed by atoms with Crippen molar-refractivity contribution in [2.24, 2.45) is 5.10 Å². The van der Waals surface area contributed by atoms with Crippen LogP contribution in [-0.4, -0.2) is 102 Å². The highest BCUT2D eigenvalue weighted by Crippen LogP contribution is 2.28. The van der Waals surface area contributed by atoms with Crippen molar-refractivity contribution >= 4 is 35.1 Å². The highest BCUT2D eigenvalue weighted by Gasteiger charge is 2.45. The Hall–Kier alpha value is -4.19. The molecule has 0 bridgehead atoms. The van der Waals surface area contributed by atoms with Crippen LogP contribution in [0.5, 0.6) is 0 Å². The summed E-state index contributed by atoms with van der Waals surface area (Å²) in [5, 5.41) is 15.1. The number of pyridine rings is 1. The van der Waals surface area contributed by atoms with E-state index in [1.807, 2.05) is 64.2 Å². The number of anilines is 2. The minimum Gasteiger partial charge on any atom is -0.378 e. The number of carbonyl (C=O) groups excluding carboxylic acids is 3. The molecule has 12 nitrogen and oxygen atoms in total. The fourth-order valence-electron chi connectivity index (χ4n) is 5.48. The van der Waals surface area contributed by atoms with Crippen LogP contribution in [0.3, 0.4) is 0 Å².